The highest BCUT2D eigenvalue weighted by Gasteiger charge is 2.28. The van der Waals surface area contributed by atoms with E-state index in [1.54, 1.807) is 7.11 Å². The van der Waals surface area contributed by atoms with Crippen molar-refractivity contribution < 1.29 is 14.3 Å². The van der Waals surface area contributed by atoms with Gasteiger partial charge in [0.1, 0.15) is 5.75 Å². The predicted octanol–water partition coefficient (Wildman–Crippen LogP) is 4.11. The molecule has 11 nitrogen and oxygen atoms in total. The number of aromatic nitrogens is 2. The highest BCUT2D eigenvalue weighted by atomic mass is 16.5. The van der Waals surface area contributed by atoms with E-state index < -0.39 is 5.91 Å². The zero-order valence-corrected chi connectivity index (χ0v) is 26.8. The van der Waals surface area contributed by atoms with Crippen LogP contribution >= 0.6 is 0 Å². The van der Waals surface area contributed by atoms with Crippen molar-refractivity contribution in [3.05, 3.63) is 29.6 Å². The second-order valence-corrected chi connectivity index (χ2v) is 11.7. The number of amides is 1. The summed E-state index contributed by atoms with van der Waals surface area (Å²) in [4.78, 5) is 29.2. The number of methoxy groups -OCH3 is 1. The molecule has 4 heterocycles. The lowest BCUT2D eigenvalue weighted by Gasteiger charge is -2.42. The Morgan fingerprint density at radius 3 is 2.28 bits per heavy atom. The molecule has 0 atom stereocenters. The van der Waals surface area contributed by atoms with Crippen LogP contribution < -0.4 is 26.0 Å². The van der Waals surface area contributed by atoms with Crippen LogP contribution in [0.5, 0.6) is 5.75 Å². The third-order valence-electron chi connectivity index (χ3n) is 8.40. The number of carbonyl (C=O) groups excluding carboxylic acids is 1. The van der Waals surface area contributed by atoms with Gasteiger partial charge in [0, 0.05) is 76.3 Å². The molecule has 1 amide bonds. The van der Waals surface area contributed by atoms with Crippen molar-refractivity contribution in [3.63, 3.8) is 0 Å². The molecule has 3 saturated heterocycles. The van der Waals surface area contributed by atoms with Crippen molar-refractivity contribution in [2.24, 2.45) is 5.73 Å². The quantitative estimate of drug-likeness (QED) is 0.390. The maximum Gasteiger partial charge on any atom is 0.271 e. The molecule has 5 rings (SSSR count). The Morgan fingerprint density at radius 1 is 1.00 bits per heavy atom. The van der Waals surface area contributed by atoms with Gasteiger partial charge in [-0.05, 0) is 51.3 Å². The van der Waals surface area contributed by atoms with Crippen LogP contribution in [0.25, 0.3) is 0 Å². The van der Waals surface area contributed by atoms with E-state index in [-0.39, 0.29) is 11.7 Å². The summed E-state index contributed by atoms with van der Waals surface area (Å²) in [5.74, 6) is 1.17. The first kappa shape index (κ1) is 32.8. The minimum absolute atomic E-state index is 0.128. The number of nitrogens with one attached hydrogen (secondary N) is 2. The van der Waals surface area contributed by atoms with E-state index in [0.29, 0.717) is 24.1 Å². The molecule has 0 spiro atoms. The number of piperidine rings is 1. The van der Waals surface area contributed by atoms with E-state index >= 15 is 0 Å². The number of carbonyl (C=O) groups is 1. The fourth-order valence-corrected chi connectivity index (χ4v) is 5.94. The summed E-state index contributed by atoms with van der Waals surface area (Å²) < 4.78 is 11.3. The minimum Gasteiger partial charge on any atom is -0.495 e. The summed E-state index contributed by atoms with van der Waals surface area (Å²) in [7, 11) is 3.90. The Hall–Kier alpha value is -3.15. The van der Waals surface area contributed by atoms with Crippen molar-refractivity contribution in [2.45, 2.75) is 71.4 Å². The first-order valence-electron chi connectivity index (χ1n) is 16.0. The molecular formula is C32H52N8O3. The summed E-state index contributed by atoms with van der Waals surface area (Å²) in [5.41, 5.74) is 8.40. The lowest BCUT2D eigenvalue weighted by Crippen LogP contribution is -2.52. The van der Waals surface area contributed by atoms with E-state index in [4.69, 9.17) is 20.2 Å². The van der Waals surface area contributed by atoms with Gasteiger partial charge in [0.15, 0.2) is 17.3 Å². The van der Waals surface area contributed by atoms with Crippen molar-refractivity contribution >= 4 is 28.9 Å². The van der Waals surface area contributed by atoms with Crippen molar-refractivity contribution in [1.29, 1.82) is 0 Å². The van der Waals surface area contributed by atoms with Crippen LogP contribution in [0.2, 0.25) is 0 Å². The number of anilines is 4. The van der Waals surface area contributed by atoms with Crippen LogP contribution in [0, 0.1) is 0 Å². The highest BCUT2D eigenvalue weighted by Crippen LogP contribution is 2.35. The van der Waals surface area contributed by atoms with E-state index in [1.165, 1.54) is 6.42 Å². The number of primary amides is 1. The monoisotopic (exact) mass is 596 g/mol. The predicted molar refractivity (Wildman–Crippen MR) is 174 cm³/mol. The maximum absolute atomic E-state index is 12.3. The second-order valence-electron chi connectivity index (χ2n) is 11.7. The number of rotatable bonds is 9. The van der Waals surface area contributed by atoms with Gasteiger partial charge < -0.3 is 35.6 Å². The van der Waals surface area contributed by atoms with Crippen LogP contribution in [-0.2, 0) is 11.2 Å². The van der Waals surface area contributed by atoms with Crippen LogP contribution in [0.3, 0.4) is 0 Å². The first-order valence-corrected chi connectivity index (χ1v) is 16.0. The standard InChI is InChI=1S/C29H44N8O3.C3H8/c1-4-23-28(31-20-9-17-40-18-10-20)34-29(26(33-23)27(30)38)32-21-5-6-24(25(19-21)39-3)37-11-7-22(8-12-37)36-15-13-35(2)14-16-36;1-3-2/h5-6,19-20,22H,4,7-18H2,1-3H3,(H2,30,38)(H2,31,32,34);3H2,1-2H3. The fraction of sp³-hybridized carbons (Fsp3) is 0.656. The smallest absolute Gasteiger partial charge is 0.271 e. The van der Waals surface area contributed by atoms with Gasteiger partial charge in [0.2, 0.25) is 0 Å². The summed E-state index contributed by atoms with van der Waals surface area (Å²) in [6.45, 7) is 14.3. The summed E-state index contributed by atoms with van der Waals surface area (Å²) >= 11 is 0. The number of aryl methyl sites for hydroxylation is 1. The van der Waals surface area contributed by atoms with Crippen molar-refractivity contribution in [2.75, 3.05) is 82.2 Å². The normalized spacial score (nSPS) is 19.0. The number of likely N-dealkylation sites (N-methyl/N-ethyl adjacent to an activating group) is 1. The Labute approximate surface area is 257 Å². The van der Waals surface area contributed by atoms with Crippen molar-refractivity contribution in [1.82, 2.24) is 19.8 Å². The van der Waals surface area contributed by atoms with Crippen LogP contribution in [0.1, 0.15) is 69.1 Å². The number of ether oxygens (including phenoxy) is 2. The topological polar surface area (TPSA) is 121 Å². The molecular weight excluding hydrogens is 544 g/mol. The third kappa shape index (κ3) is 8.70. The number of nitrogens with two attached hydrogens (primary N) is 1. The summed E-state index contributed by atoms with van der Waals surface area (Å²) in [5, 5.41) is 6.81. The molecule has 0 radical (unpaired) electrons. The van der Waals surface area contributed by atoms with Gasteiger partial charge in [-0.1, -0.05) is 27.2 Å². The fourth-order valence-electron chi connectivity index (χ4n) is 5.94. The average molecular weight is 597 g/mol. The molecule has 0 unspecified atom stereocenters. The van der Waals surface area contributed by atoms with Crippen LogP contribution in [-0.4, -0.2) is 104 Å². The van der Waals surface area contributed by atoms with Gasteiger partial charge in [-0.15, -0.1) is 0 Å². The van der Waals surface area contributed by atoms with Gasteiger partial charge in [-0.25, -0.2) is 9.97 Å². The largest absolute Gasteiger partial charge is 0.495 e. The minimum atomic E-state index is -0.617. The lowest BCUT2D eigenvalue weighted by atomic mass is 10.0. The zero-order chi connectivity index (χ0) is 30.8. The molecule has 0 saturated carbocycles. The number of piperazine rings is 1. The molecule has 3 fully saturated rings. The highest BCUT2D eigenvalue weighted by molar-refractivity contribution is 5.96. The molecule has 3 aliphatic heterocycles. The molecule has 2 aromatic rings. The van der Waals surface area contributed by atoms with Crippen LogP contribution in [0.15, 0.2) is 18.2 Å². The molecule has 3 aliphatic rings. The number of hydrogen-bond acceptors (Lipinski definition) is 10. The van der Waals surface area contributed by atoms with Crippen molar-refractivity contribution in [3.8, 4) is 5.75 Å². The molecule has 0 aliphatic carbocycles. The van der Waals surface area contributed by atoms with E-state index in [9.17, 15) is 4.79 Å². The molecule has 1 aromatic carbocycles. The van der Waals surface area contributed by atoms with Gasteiger partial charge in [-0.2, -0.15) is 0 Å². The van der Waals surface area contributed by atoms with Gasteiger partial charge in [-0.3, -0.25) is 9.69 Å². The Bertz CT molecular complexity index is 1170. The molecule has 1 aromatic heterocycles. The summed E-state index contributed by atoms with van der Waals surface area (Å²) in [6.07, 6.45) is 5.98. The number of nitrogens with zero attached hydrogens (tertiary/aromatic N) is 5. The Balaban J connectivity index is 0.00000135. The van der Waals surface area contributed by atoms with Gasteiger partial charge >= 0.3 is 0 Å². The average Bonchev–Trinajstić information content (AvgIpc) is 3.02. The van der Waals surface area contributed by atoms with E-state index in [2.05, 4.69) is 57.3 Å². The molecule has 4 N–H and O–H groups in total. The molecule has 43 heavy (non-hydrogen) atoms. The zero-order valence-electron chi connectivity index (χ0n) is 26.8. The molecule has 11 heteroatoms. The van der Waals surface area contributed by atoms with Gasteiger partial charge in [0.25, 0.3) is 5.91 Å². The van der Waals surface area contributed by atoms with Gasteiger partial charge in [0.05, 0.1) is 18.5 Å². The number of hydrogen-bond donors (Lipinski definition) is 3. The van der Waals surface area contributed by atoms with E-state index in [1.807, 2.05) is 19.1 Å². The Kier molecular flexibility index (Phi) is 12.2. The number of benzene rings is 1. The first-order chi connectivity index (χ1) is 20.9. The lowest BCUT2D eigenvalue weighted by molar-refractivity contribution is 0.0903. The summed E-state index contributed by atoms with van der Waals surface area (Å²) in [6, 6.07) is 6.93. The third-order valence-corrected chi connectivity index (χ3v) is 8.40. The second kappa shape index (κ2) is 16.1. The maximum atomic E-state index is 12.3. The molecule has 0 bridgehead atoms. The van der Waals surface area contributed by atoms with Crippen LogP contribution in [0.4, 0.5) is 23.0 Å². The molecule has 238 valence electrons. The SMILES string of the molecule is CCC.CCc1nc(C(N)=O)c(Nc2ccc(N3CCC(N4CCN(C)CC4)CC3)c(OC)c2)nc1NC1CCOCC1. The Morgan fingerprint density at radius 2 is 1.67 bits per heavy atom. The van der Waals surface area contributed by atoms with E-state index in [0.717, 1.165) is 101 Å².